The molecule has 0 bridgehead atoms. The fourth-order valence-electron chi connectivity index (χ4n) is 1.89. The first kappa shape index (κ1) is 13.8. The Morgan fingerprint density at radius 1 is 1.00 bits per heavy atom. The van der Waals surface area contributed by atoms with Gasteiger partial charge in [0, 0.05) is 12.3 Å². The van der Waals surface area contributed by atoms with E-state index in [1.165, 1.54) is 0 Å². The Hall–Kier alpha value is -1.59. The van der Waals surface area contributed by atoms with Crippen molar-refractivity contribution in [2.45, 2.75) is 12.8 Å². The third-order valence-electron chi connectivity index (χ3n) is 2.84. The Morgan fingerprint density at radius 2 is 1.74 bits per heavy atom. The van der Waals surface area contributed by atoms with Gasteiger partial charge in [0.15, 0.2) is 0 Å². The quantitative estimate of drug-likeness (QED) is 0.798. The number of benzene rings is 2. The molecule has 5 heteroatoms. The molecule has 0 saturated heterocycles. The molecule has 0 amide bonds. The van der Waals surface area contributed by atoms with Crippen LogP contribution in [0.15, 0.2) is 42.5 Å². The normalized spacial score (nSPS) is 11.6. The van der Waals surface area contributed by atoms with Crippen LogP contribution in [0.5, 0.6) is 0 Å². The molecule has 0 spiro atoms. The molecule has 0 aliphatic heterocycles. The summed E-state index contributed by atoms with van der Waals surface area (Å²) in [6.45, 7) is 0.0193. The maximum absolute atomic E-state index is 11.8. The number of sulfonamides is 1. The van der Waals surface area contributed by atoms with Crippen molar-refractivity contribution in [2.24, 2.45) is 0 Å². The summed E-state index contributed by atoms with van der Waals surface area (Å²) in [5.74, 6) is 0.0282. The average molecular weight is 279 g/mol. The highest BCUT2D eigenvalue weighted by molar-refractivity contribution is 7.92. The second-order valence-corrected chi connectivity index (χ2v) is 6.26. The fraction of sp³-hybridized carbons (Fsp3) is 0.286. The van der Waals surface area contributed by atoms with E-state index in [0.29, 0.717) is 18.5 Å². The summed E-state index contributed by atoms with van der Waals surface area (Å²) in [5.41, 5.74) is 0.572. The number of hydrogen-bond acceptors (Lipinski definition) is 3. The van der Waals surface area contributed by atoms with Gasteiger partial charge in [-0.15, -0.1) is 0 Å². The van der Waals surface area contributed by atoms with Gasteiger partial charge in [0.05, 0.1) is 5.75 Å². The average Bonchev–Trinajstić information content (AvgIpc) is 2.38. The first-order valence-corrected chi connectivity index (χ1v) is 7.86. The second-order valence-electron chi connectivity index (χ2n) is 4.41. The van der Waals surface area contributed by atoms with E-state index in [9.17, 15) is 8.42 Å². The summed E-state index contributed by atoms with van der Waals surface area (Å²) in [6, 6.07) is 13.3. The van der Waals surface area contributed by atoms with Crippen LogP contribution in [0.1, 0.15) is 12.8 Å². The number of aliphatic hydroxyl groups excluding tert-OH is 1. The van der Waals surface area contributed by atoms with Gasteiger partial charge in [0.1, 0.15) is 0 Å². The molecule has 0 fully saturated rings. The molecule has 2 aromatic carbocycles. The molecule has 2 N–H and O–H groups in total. The smallest absolute Gasteiger partial charge is 0.232 e. The Balaban J connectivity index is 2.12. The van der Waals surface area contributed by atoms with E-state index < -0.39 is 10.0 Å². The highest BCUT2D eigenvalue weighted by Gasteiger charge is 2.09. The Labute approximate surface area is 113 Å². The number of unbranched alkanes of at least 4 members (excludes halogenated alkanes) is 1. The zero-order chi connectivity index (χ0) is 13.7. The zero-order valence-corrected chi connectivity index (χ0v) is 11.4. The maximum atomic E-state index is 11.8. The molecule has 0 unspecified atom stereocenters. The summed E-state index contributed by atoms with van der Waals surface area (Å²) >= 11 is 0. The number of hydrogen-bond donors (Lipinski definition) is 2. The monoisotopic (exact) mass is 279 g/mol. The van der Waals surface area contributed by atoms with E-state index in [-0.39, 0.29) is 12.4 Å². The molecule has 0 aliphatic rings. The van der Waals surface area contributed by atoms with Crippen molar-refractivity contribution in [1.29, 1.82) is 0 Å². The second kappa shape index (κ2) is 6.04. The highest BCUT2D eigenvalue weighted by Crippen LogP contribution is 2.19. The predicted molar refractivity (Wildman–Crippen MR) is 77.7 cm³/mol. The molecule has 0 heterocycles. The van der Waals surface area contributed by atoms with Gasteiger partial charge < -0.3 is 5.11 Å². The Bertz CT molecular complexity index is 653. The lowest BCUT2D eigenvalue weighted by atomic mass is 10.1. The van der Waals surface area contributed by atoms with Crippen LogP contribution in [0.3, 0.4) is 0 Å². The van der Waals surface area contributed by atoms with E-state index in [4.69, 9.17) is 5.11 Å². The van der Waals surface area contributed by atoms with Crippen LogP contribution in [-0.4, -0.2) is 25.9 Å². The van der Waals surface area contributed by atoms with Gasteiger partial charge in [0.25, 0.3) is 0 Å². The number of fused-ring (bicyclic) bond motifs is 1. The molecule has 4 nitrogen and oxygen atoms in total. The van der Waals surface area contributed by atoms with Crippen molar-refractivity contribution in [1.82, 2.24) is 0 Å². The summed E-state index contributed by atoms with van der Waals surface area (Å²) in [7, 11) is -3.34. The number of rotatable bonds is 6. The zero-order valence-electron chi connectivity index (χ0n) is 10.5. The van der Waals surface area contributed by atoms with E-state index in [0.717, 1.165) is 10.8 Å². The van der Waals surface area contributed by atoms with Crippen LogP contribution in [0, 0.1) is 0 Å². The van der Waals surface area contributed by atoms with Gasteiger partial charge in [-0.1, -0.05) is 30.3 Å². The van der Waals surface area contributed by atoms with Crippen molar-refractivity contribution in [3.8, 4) is 0 Å². The van der Waals surface area contributed by atoms with Crippen LogP contribution in [0.4, 0.5) is 5.69 Å². The van der Waals surface area contributed by atoms with Crippen LogP contribution in [-0.2, 0) is 10.0 Å². The van der Waals surface area contributed by atoms with Crippen molar-refractivity contribution in [3.63, 3.8) is 0 Å². The minimum absolute atomic E-state index is 0.0193. The van der Waals surface area contributed by atoms with Gasteiger partial charge in [-0.05, 0) is 35.7 Å². The highest BCUT2D eigenvalue weighted by atomic mass is 32.2. The summed E-state index contributed by atoms with van der Waals surface area (Å²) in [5, 5.41) is 10.7. The van der Waals surface area contributed by atoms with E-state index >= 15 is 0 Å². The van der Waals surface area contributed by atoms with Crippen molar-refractivity contribution < 1.29 is 13.5 Å². The summed E-state index contributed by atoms with van der Waals surface area (Å²) < 4.78 is 26.2. The fourth-order valence-corrected chi connectivity index (χ4v) is 3.06. The molecule has 0 saturated carbocycles. The molecule has 0 aliphatic carbocycles. The van der Waals surface area contributed by atoms with Gasteiger partial charge in [-0.2, -0.15) is 0 Å². The van der Waals surface area contributed by atoms with Crippen molar-refractivity contribution in [2.75, 3.05) is 17.1 Å². The largest absolute Gasteiger partial charge is 0.396 e. The summed E-state index contributed by atoms with van der Waals surface area (Å²) in [4.78, 5) is 0. The molecule has 19 heavy (non-hydrogen) atoms. The molecule has 0 radical (unpaired) electrons. The third kappa shape index (κ3) is 3.94. The van der Waals surface area contributed by atoms with Crippen LogP contribution in [0.2, 0.25) is 0 Å². The molecule has 102 valence electrons. The van der Waals surface area contributed by atoms with E-state index in [1.54, 1.807) is 6.07 Å². The maximum Gasteiger partial charge on any atom is 0.232 e. The topological polar surface area (TPSA) is 66.4 Å². The van der Waals surface area contributed by atoms with E-state index in [2.05, 4.69) is 4.72 Å². The van der Waals surface area contributed by atoms with Crippen LogP contribution >= 0.6 is 0 Å². The van der Waals surface area contributed by atoms with Gasteiger partial charge in [0.2, 0.25) is 10.0 Å². The molecule has 0 atom stereocenters. The van der Waals surface area contributed by atoms with Gasteiger partial charge in [-0.3, -0.25) is 4.72 Å². The SMILES string of the molecule is O=S(=O)(CCCCO)Nc1ccc2ccccc2c1. The lowest BCUT2D eigenvalue weighted by molar-refractivity contribution is 0.287. The molecular weight excluding hydrogens is 262 g/mol. The molecule has 2 aromatic rings. The first-order chi connectivity index (χ1) is 9.11. The molecular formula is C14H17NO3S. The number of aliphatic hydroxyl groups is 1. The minimum Gasteiger partial charge on any atom is -0.396 e. The molecule has 2 rings (SSSR count). The van der Waals surface area contributed by atoms with Crippen LogP contribution < -0.4 is 4.72 Å². The minimum atomic E-state index is -3.34. The summed E-state index contributed by atoms with van der Waals surface area (Å²) in [6.07, 6.45) is 0.956. The first-order valence-electron chi connectivity index (χ1n) is 6.21. The Kier molecular flexibility index (Phi) is 4.39. The van der Waals surface area contributed by atoms with Crippen molar-refractivity contribution in [3.05, 3.63) is 42.5 Å². The van der Waals surface area contributed by atoms with E-state index in [1.807, 2.05) is 36.4 Å². The van der Waals surface area contributed by atoms with Gasteiger partial charge >= 0.3 is 0 Å². The van der Waals surface area contributed by atoms with Gasteiger partial charge in [-0.25, -0.2) is 8.42 Å². The lowest BCUT2D eigenvalue weighted by Crippen LogP contribution is -2.16. The predicted octanol–water partition coefficient (Wildman–Crippen LogP) is 2.35. The standard InChI is InChI=1S/C14H17NO3S/c16-9-3-4-10-19(17,18)15-14-8-7-12-5-1-2-6-13(12)11-14/h1-2,5-8,11,15-16H,3-4,9-10H2. The lowest BCUT2D eigenvalue weighted by Gasteiger charge is -2.08. The Morgan fingerprint density at radius 3 is 2.47 bits per heavy atom. The number of anilines is 1. The number of nitrogens with one attached hydrogen (secondary N) is 1. The molecule has 0 aromatic heterocycles. The van der Waals surface area contributed by atoms with Crippen molar-refractivity contribution >= 4 is 26.5 Å². The third-order valence-corrected chi connectivity index (χ3v) is 4.22. The van der Waals surface area contributed by atoms with Crippen LogP contribution in [0.25, 0.3) is 10.8 Å².